The van der Waals surface area contributed by atoms with E-state index < -0.39 is 17.8 Å². The van der Waals surface area contributed by atoms with E-state index in [4.69, 9.17) is 9.47 Å². The van der Waals surface area contributed by atoms with E-state index in [-0.39, 0.29) is 36.0 Å². The number of anilines is 1. The number of carbonyl (C=O) groups is 3. The predicted molar refractivity (Wildman–Crippen MR) is 114 cm³/mol. The lowest BCUT2D eigenvalue weighted by Gasteiger charge is -2.10. The molecule has 1 N–H and O–H groups in total. The third-order valence-electron chi connectivity index (χ3n) is 4.17. The topological polar surface area (TPSA) is 117 Å². The molecule has 0 aliphatic heterocycles. The van der Waals surface area contributed by atoms with Crippen LogP contribution in [0.1, 0.15) is 45.3 Å². The number of nitrogens with one attached hydrogen (secondary N) is 1. The van der Waals surface area contributed by atoms with E-state index in [9.17, 15) is 14.4 Å². The van der Waals surface area contributed by atoms with Crippen molar-refractivity contribution in [2.75, 3.05) is 18.5 Å². The summed E-state index contributed by atoms with van der Waals surface area (Å²) in [5, 5.41) is 10.9. The molecule has 11 heteroatoms. The van der Waals surface area contributed by atoms with E-state index in [0.717, 1.165) is 0 Å². The molecule has 1 amide bonds. The second-order valence-electron chi connectivity index (χ2n) is 6.18. The van der Waals surface area contributed by atoms with Gasteiger partial charge < -0.3 is 14.8 Å². The highest BCUT2D eigenvalue weighted by molar-refractivity contribution is 9.10. The number of rotatable bonds is 7. The molecule has 2 heterocycles. The Labute approximate surface area is 186 Å². The molecule has 2 aromatic heterocycles. The average molecular weight is 490 g/mol. The molecule has 10 nitrogen and oxygen atoms in total. The number of halogens is 1. The quantitative estimate of drug-likeness (QED) is 0.506. The average Bonchev–Trinajstić information content (AvgIpc) is 3.29. The molecule has 0 saturated heterocycles. The smallest absolute Gasteiger partial charge is 0.361 e. The molecule has 162 valence electrons. The summed E-state index contributed by atoms with van der Waals surface area (Å²) in [6.45, 7) is 3.47. The third kappa shape index (κ3) is 4.50. The van der Waals surface area contributed by atoms with Crippen LogP contribution in [-0.2, 0) is 16.5 Å². The fourth-order valence-corrected chi connectivity index (χ4v) is 3.39. The van der Waals surface area contributed by atoms with Crippen molar-refractivity contribution in [2.24, 2.45) is 7.05 Å². The summed E-state index contributed by atoms with van der Waals surface area (Å²) in [6.07, 6.45) is 1.46. The first-order chi connectivity index (χ1) is 14.9. The van der Waals surface area contributed by atoms with Crippen molar-refractivity contribution in [1.29, 1.82) is 0 Å². The Hall–Kier alpha value is -3.47. The zero-order valence-electron chi connectivity index (χ0n) is 17.1. The van der Waals surface area contributed by atoms with Crippen LogP contribution in [0, 0.1) is 0 Å². The fourth-order valence-electron chi connectivity index (χ4n) is 2.86. The largest absolute Gasteiger partial charge is 0.461 e. The second-order valence-corrected chi connectivity index (χ2v) is 7.03. The van der Waals surface area contributed by atoms with Gasteiger partial charge in [0.05, 0.1) is 29.6 Å². The number of hydrogen-bond acceptors (Lipinski definition) is 7. The van der Waals surface area contributed by atoms with Gasteiger partial charge in [-0.2, -0.15) is 10.2 Å². The van der Waals surface area contributed by atoms with Crippen molar-refractivity contribution in [3.05, 3.63) is 58.1 Å². The number of esters is 2. The van der Waals surface area contributed by atoms with E-state index in [1.807, 2.05) is 0 Å². The minimum absolute atomic E-state index is 0.0897. The lowest BCUT2D eigenvalue weighted by molar-refractivity contribution is 0.0510. The Morgan fingerprint density at radius 2 is 1.68 bits per heavy atom. The van der Waals surface area contributed by atoms with Crippen LogP contribution < -0.4 is 5.32 Å². The maximum absolute atomic E-state index is 13.0. The number of hydrogen-bond donors (Lipinski definition) is 1. The highest BCUT2D eigenvalue weighted by atomic mass is 79.9. The highest BCUT2D eigenvalue weighted by Crippen LogP contribution is 2.27. The maximum atomic E-state index is 13.0. The Bertz CT molecular complexity index is 1100. The summed E-state index contributed by atoms with van der Waals surface area (Å²) in [5.41, 5.74) is 0.248. The molecule has 0 fully saturated rings. The van der Waals surface area contributed by atoms with Gasteiger partial charge in [-0.1, -0.05) is 18.2 Å². The van der Waals surface area contributed by atoms with E-state index in [1.54, 1.807) is 51.2 Å². The molecule has 0 unspecified atom stereocenters. The standard InChI is InChI=1S/C20H20BrN5O5/c1-4-30-19(28)15-14(23-18(27)16-13(21)11-22-25(16)3)17(20(29)31-5-2)26(24-15)12-9-7-6-8-10-12/h6-11H,4-5H2,1-3H3,(H,23,27). The molecule has 0 atom stereocenters. The van der Waals surface area contributed by atoms with Gasteiger partial charge in [-0.15, -0.1) is 0 Å². The van der Waals surface area contributed by atoms with E-state index in [1.165, 1.54) is 15.6 Å². The van der Waals surface area contributed by atoms with Crippen LogP contribution in [0.4, 0.5) is 5.69 Å². The number of aromatic nitrogens is 4. The van der Waals surface area contributed by atoms with E-state index >= 15 is 0 Å². The first kappa shape index (κ1) is 22.2. The van der Waals surface area contributed by atoms with Crippen LogP contribution in [0.3, 0.4) is 0 Å². The molecule has 0 bridgehead atoms. The van der Waals surface area contributed by atoms with Gasteiger partial charge in [0.25, 0.3) is 5.91 Å². The molecule has 0 spiro atoms. The van der Waals surface area contributed by atoms with Gasteiger partial charge >= 0.3 is 11.9 Å². The summed E-state index contributed by atoms with van der Waals surface area (Å²) >= 11 is 3.27. The summed E-state index contributed by atoms with van der Waals surface area (Å²) in [7, 11) is 1.59. The highest BCUT2D eigenvalue weighted by Gasteiger charge is 2.32. The van der Waals surface area contributed by atoms with Crippen LogP contribution in [0.25, 0.3) is 5.69 Å². The van der Waals surface area contributed by atoms with Crippen LogP contribution in [-0.4, -0.2) is 50.6 Å². The van der Waals surface area contributed by atoms with Crippen molar-refractivity contribution < 1.29 is 23.9 Å². The van der Waals surface area contributed by atoms with Gasteiger partial charge in [0, 0.05) is 7.05 Å². The van der Waals surface area contributed by atoms with Crippen LogP contribution in [0.15, 0.2) is 41.0 Å². The SMILES string of the molecule is CCOC(=O)c1nn(-c2ccccc2)c(C(=O)OCC)c1NC(=O)c1c(Br)cnn1C. The number of aryl methyl sites for hydroxylation is 1. The number of nitrogens with zero attached hydrogens (tertiary/aromatic N) is 4. The lowest BCUT2D eigenvalue weighted by Crippen LogP contribution is -2.21. The van der Waals surface area contributed by atoms with Gasteiger partial charge in [0.15, 0.2) is 11.4 Å². The molecule has 31 heavy (non-hydrogen) atoms. The molecule has 0 aliphatic rings. The van der Waals surface area contributed by atoms with Crippen molar-refractivity contribution in [3.63, 3.8) is 0 Å². The van der Waals surface area contributed by atoms with E-state index in [2.05, 4.69) is 31.4 Å². The number of benzene rings is 1. The first-order valence-corrected chi connectivity index (χ1v) is 10.2. The lowest BCUT2D eigenvalue weighted by atomic mass is 10.2. The summed E-state index contributed by atoms with van der Waals surface area (Å²) in [5.74, 6) is -2.15. The van der Waals surface area contributed by atoms with Crippen molar-refractivity contribution >= 4 is 39.5 Å². The van der Waals surface area contributed by atoms with Gasteiger partial charge in [0.1, 0.15) is 11.4 Å². The first-order valence-electron chi connectivity index (χ1n) is 9.40. The van der Waals surface area contributed by atoms with E-state index in [0.29, 0.717) is 10.2 Å². The molecule has 3 rings (SSSR count). The zero-order valence-corrected chi connectivity index (χ0v) is 18.7. The number of amides is 1. The summed E-state index contributed by atoms with van der Waals surface area (Å²) in [6, 6.07) is 8.70. The molecule has 1 aromatic carbocycles. The van der Waals surface area contributed by atoms with Crippen LogP contribution in [0.5, 0.6) is 0 Å². The van der Waals surface area contributed by atoms with Gasteiger partial charge in [-0.25, -0.2) is 14.3 Å². The molecule has 3 aromatic rings. The second kappa shape index (κ2) is 9.56. The zero-order chi connectivity index (χ0) is 22.5. The van der Waals surface area contributed by atoms with Crippen LogP contribution >= 0.6 is 15.9 Å². The fraction of sp³-hybridized carbons (Fsp3) is 0.250. The monoisotopic (exact) mass is 489 g/mol. The number of para-hydroxylation sites is 1. The Morgan fingerprint density at radius 3 is 2.26 bits per heavy atom. The molecule has 0 aliphatic carbocycles. The molecular weight excluding hydrogens is 470 g/mol. The molecule has 0 saturated carbocycles. The molecule has 0 radical (unpaired) electrons. The maximum Gasteiger partial charge on any atom is 0.361 e. The Kier molecular flexibility index (Phi) is 6.85. The minimum Gasteiger partial charge on any atom is -0.461 e. The molecular formula is C20H20BrN5O5. The third-order valence-corrected chi connectivity index (χ3v) is 4.75. The minimum atomic E-state index is -0.790. The van der Waals surface area contributed by atoms with Crippen molar-refractivity contribution in [3.8, 4) is 5.69 Å². The predicted octanol–water partition coefficient (Wildman–Crippen LogP) is 2.97. The number of ether oxygens (including phenoxy) is 2. The summed E-state index contributed by atoms with van der Waals surface area (Å²) < 4.78 is 13.3. The normalized spacial score (nSPS) is 10.6. The Balaban J connectivity index is 2.20. The van der Waals surface area contributed by atoms with Crippen LogP contribution in [0.2, 0.25) is 0 Å². The van der Waals surface area contributed by atoms with Crippen molar-refractivity contribution in [1.82, 2.24) is 19.6 Å². The summed E-state index contributed by atoms with van der Waals surface area (Å²) in [4.78, 5) is 38.4. The van der Waals surface area contributed by atoms with Crippen molar-refractivity contribution in [2.45, 2.75) is 13.8 Å². The van der Waals surface area contributed by atoms with Gasteiger partial charge in [-0.05, 0) is 41.9 Å². The Morgan fingerprint density at radius 1 is 1.03 bits per heavy atom. The van der Waals surface area contributed by atoms with Gasteiger partial charge in [-0.3, -0.25) is 9.48 Å². The number of carbonyl (C=O) groups excluding carboxylic acids is 3. The van der Waals surface area contributed by atoms with Gasteiger partial charge in [0.2, 0.25) is 0 Å².